The highest BCUT2D eigenvalue weighted by Crippen LogP contribution is 2.40. The van der Waals surface area contributed by atoms with E-state index in [9.17, 15) is 18.0 Å². The summed E-state index contributed by atoms with van der Waals surface area (Å²) in [6, 6.07) is 9.30. The van der Waals surface area contributed by atoms with Crippen LogP contribution in [0.25, 0.3) is 17.1 Å². The Hall–Kier alpha value is -3.55. The van der Waals surface area contributed by atoms with Crippen LogP contribution >= 0.6 is 11.6 Å². The van der Waals surface area contributed by atoms with Crippen molar-refractivity contribution in [2.75, 3.05) is 11.9 Å². The lowest BCUT2D eigenvalue weighted by Crippen LogP contribution is -2.41. The topological polar surface area (TPSA) is 99.8 Å². The quantitative estimate of drug-likeness (QED) is 0.236. The molecule has 0 aliphatic carbocycles. The maximum absolute atomic E-state index is 14.5. The molecule has 9 nitrogen and oxygen atoms in total. The third kappa shape index (κ3) is 6.26. The molecule has 0 saturated heterocycles. The molecule has 0 fully saturated rings. The van der Waals surface area contributed by atoms with Crippen molar-refractivity contribution in [2.24, 2.45) is 0 Å². The predicted octanol–water partition coefficient (Wildman–Crippen LogP) is 6.47. The number of halogens is 4. The zero-order valence-electron chi connectivity index (χ0n) is 22.6. The number of nitrogens with one attached hydrogen (secondary N) is 1. The average molecular weight is 592 g/mol. The summed E-state index contributed by atoms with van der Waals surface area (Å²) in [5.74, 6) is -0.822. The number of alkyl halides is 3. The number of carbonyl (C=O) groups is 1. The highest BCUT2D eigenvalue weighted by atomic mass is 35.5. The van der Waals surface area contributed by atoms with Gasteiger partial charge in [-0.15, -0.1) is 4.80 Å². The summed E-state index contributed by atoms with van der Waals surface area (Å²) < 4.78 is 50.9. The smallest absolute Gasteiger partial charge is 0.415 e. The van der Waals surface area contributed by atoms with Crippen LogP contribution in [0.4, 0.5) is 18.9 Å². The Bertz CT molecular complexity index is 1480. The van der Waals surface area contributed by atoms with E-state index in [-0.39, 0.29) is 46.0 Å². The van der Waals surface area contributed by atoms with Crippen molar-refractivity contribution in [1.82, 2.24) is 29.8 Å². The van der Waals surface area contributed by atoms with Crippen LogP contribution in [0, 0.1) is 0 Å². The molecule has 212 valence electrons. The molecule has 1 aromatic carbocycles. The van der Waals surface area contributed by atoms with Gasteiger partial charge in [-0.2, -0.15) is 28.5 Å². The molecule has 4 rings (SSSR count). The van der Waals surface area contributed by atoms with Gasteiger partial charge < -0.3 is 9.74 Å². The summed E-state index contributed by atoms with van der Waals surface area (Å²) in [6.45, 7) is 10.3. The first-order chi connectivity index (χ1) is 18.7. The summed E-state index contributed by atoms with van der Waals surface area (Å²) in [5, 5.41) is 14.7. The molecule has 14 heteroatoms. The molecule has 0 unspecified atom stereocenters. The minimum Gasteiger partial charge on any atom is -0.415 e. The predicted molar refractivity (Wildman–Crippen MR) is 148 cm³/mol. The second kappa shape index (κ2) is 11.1. The Balaban J connectivity index is 1.73. The minimum atomic E-state index is -4.87. The second-order valence-electron chi connectivity index (χ2n) is 10.6. The van der Waals surface area contributed by atoms with Gasteiger partial charge in [0.15, 0.2) is 14.1 Å². The molecule has 0 saturated carbocycles. The number of anilines is 1. The number of aromatic nitrogens is 6. The summed E-state index contributed by atoms with van der Waals surface area (Å²) in [7, 11) is -2.21. The molecule has 3 heterocycles. The molecule has 4 aromatic rings. The summed E-state index contributed by atoms with van der Waals surface area (Å²) in [5.41, 5.74) is -1.81. The van der Waals surface area contributed by atoms with Crippen molar-refractivity contribution in [3.63, 3.8) is 0 Å². The van der Waals surface area contributed by atoms with Crippen LogP contribution in [0.3, 0.4) is 0 Å². The van der Waals surface area contributed by atoms with E-state index in [0.717, 1.165) is 4.68 Å². The molecule has 40 heavy (non-hydrogen) atoms. The van der Waals surface area contributed by atoms with Gasteiger partial charge in [-0.25, -0.2) is 4.98 Å². The molecular formula is C26H29ClF3N7O2Si. The van der Waals surface area contributed by atoms with E-state index in [4.69, 9.17) is 16.0 Å². The van der Waals surface area contributed by atoms with Crippen LogP contribution in [0.15, 0.2) is 55.0 Å². The fourth-order valence-electron chi connectivity index (χ4n) is 3.69. The van der Waals surface area contributed by atoms with E-state index in [1.807, 2.05) is 13.1 Å². The van der Waals surface area contributed by atoms with E-state index in [2.05, 4.69) is 46.4 Å². The summed E-state index contributed by atoms with van der Waals surface area (Å²) in [4.78, 5) is 18.8. The first kappa shape index (κ1) is 29.4. The molecule has 0 aliphatic heterocycles. The number of benzene rings is 1. The molecule has 1 amide bonds. The van der Waals surface area contributed by atoms with Crippen molar-refractivity contribution in [3.8, 4) is 17.1 Å². The Morgan fingerprint density at radius 2 is 1.75 bits per heavy atom. The van der Waals surface area contributed by atoms with Gasteiger partial charge in [-0.3, -0.25) is 9.48 Å². The SMILES string of the molecule is CC(C)(C)[Si](C)(C)OCCn1nc(-c2ccccc2)c(C(F)(F)F)c1C(=O)Nc1cnc(-n2nccn2)c(Cl)c1. The standard InChI is InChI=1S/C26H29ClF3N7O2Si/c1-25(2,3)40(4,5)39-14-13-36-22(20(26(28,29)30)21(35-36)17-9-7-6-8-10-17)24(38)34-18-15-19(27)23(31-16-18)37-32-11-12-33-37/h6-12,15-16H,13-14H2,1-5H3,(H,34,38). The first-order valence-corrected chi connectivity index (χ1v) is 15.7. The molecule has 0 atom stereocenters. The third-order valence-corrected chi connectivity index (χ3v) is 11.6. The monoisotopic (exact) mass is 591 g/mol. The Morgan fingerprint density at radius 3 is 2.33 bits per heavy atom. The number of amides is 1. The number of pyridine rings is 1. The molecular weight excluding hydrogens is 563 g/mol. The van der Waals surface area contributed by atoms with Gasteiger partial charge in [-0.05, 0) is 24.2 Å². The Morgan fingerprint density at radius 1 is 1.10 bits per heavy atom. The van der Waals surface area contributed by atoms with Crippen molar-refractivity contribution in [1.29, 1.82) is 0 Å². The largest absolute Gasteiger partial charge is 0.420 e. The highest BCUT2D eigenvalue weighted by molar-refractivity contribution is 6.74. The third-order valence-electron chi connectivity index (χ3n) is 6.76. The van der Waals surface area contributed by atoms with Gasteiger partial charge in [0.25, 0.3) is 5.91 Å². The van der Waals surface area contributed by atoms with Crippen molar-refractivity contribution in [2.45, 2.75) is 51.6 Å². The van der Waals surface area contributed by atoms with Gasteiger partial charge in [0.05, 0.1) is 42.5 Å². The normalized spacial score (nSPS) is 12.5. The fraction of sp³-hybridized carbons (Fsp3) is 0.346. The summed E-state index contributed by atoms with van der Waals surface area (Å²) >= 11 is 6.29. The van der Waals surface area contributed by atoms with Gasteiger partial charge in [0.2, 0.25) is 0 Å². The molecule has 0 spiro atoms. The number of rotatable bonds is 8. The zero-order valence-corrected chi connectivity index (χ0v) is 24.4. The lowest BCUT2D eigenvalue weighted by Gasteiger charge is -2.36. The fourth-order valence-corrected chi connectivity index (χ4v) is 4.96. The van der Waals surface area contributed by atoms with E-state index in [0.29, 0.717) is 0 Å². The molecule has 1 N–H and O–H groups in total. The number of nitrogens with zero attached hydrogens (tertiary/aromatic N) is 6. The van der Waals surface area contributed by atoms with Crippen molar-refractivity contribution in [3.05, 3.63) is 71.3 Å². The van der Waals surface area contributed by atoms with E-state index in [1.165, 1.54) is 41.6 Å². The van der Waals surface area contributed by atoms with Crippen LogP contribution in [0.2, 0.25) is 23.2 Å². The minimum absolute atomic E-state index is 0.0614. The molecule has 0 aliphatic rings. The average Bonchev–Trinajstić information content (AvgIpc) is 3.52. The van der Waals surface area contributed by atoms with Crippen LogP contribution in [0.5, 0.6) is 0 Å². The van der Waals surface area contributed by atoms with E-state index in [1.54, 1.807) is 18.2 Å². The van der Waals surface area contributed by atoms with E-state index < -0.39 is 31.7 Å². The van der Waals surface area contributed by atoms with Gasteiger partial charge >= 0.3 is 6.18 Å². The maximum atomic E-state index is 14.5. The molecule has 0 radical (unpaired) electrons. The molecule has 3 aromatic heterocycles. The van der Waals surface area contributed by atoms with Gasteiger partial charge in [0, 0.05) is 5.56 Å². The van der Waals surface area contributed by atoms with Crippen LogP contribution in [-0.4, -0.2) is 50.6 Å². The number of hydrogen-bond donors (Lipinski definition) is 1. The van der Waals surface area contributed by atoms with Crippen molar-refractivity contribution >= 4 is 31.5 Å². The lowest BCUT2D eigenvalue weighted by molar-refractivity contribution is -0.137. The summed E-state index contributed by atoms with van der Waals surface area (Å²) in [6.07, 6.45) is -0.740. The maximum Gasteiger partial charge on any atom is 0.420 e. The van der Waals surface area contributed by atoms with Gasteiger partial charge in [0.1, 0.15) is 17.0 Å². The number of carbonyl (C=O) groups excluding carboxylic acids is 1. The van der Waals surface area contributed by atoms with Crippen LogP contribution < -0.4 is 5.32 Å². The second-order valence-corrected chi connectivity index (χ2v) is 15.8. The van der Waals surface area contributed by atoms with Crippen LogP contribution in [-0.2, 0) is 17.1 Å². The first-order valence-electron chi connectivity index (χ1n) is 12.4. The number of hydrogen-bond acceptors (Lipinski definition) is 6. The van der Waals surface area contributed by atoms with Crippen molar-refractivity contribution < 1.29 is 22.4 Å². The zero-order chi connectivity index (χ0) is 29.3. The Labute approximate surface area is 235 Å². The van der Waals surface area contributed by atoms with E-state index >= 15 is 0 Å². The Kier molecular flexibility index (Phi) is 8.20. The lowest BCUT2D eigenvalue weighted by atomic mass is 10.0. The van der Waals surface area contributed by atoms with Gasteiger partial charge in [-0.1, -0.05) is 62.7 Å². The highest BCUT2D eigenvalue weighted by Gasteiger charge is 2.43. The molecule has 0 bridgehead atoms. The van der Waals surface area contributed by atoms with Crippen LogP contribution in [0.1, 0.15) is 36.8 Å².